The van der Waals surface area contributed by atoms with Crippen LogP contribution in [-0.4, -0.2) is 12.5 Å². The average Bonchev–Trinajstić information content (AvgIpc) is 2.90. The maximum absolute atomic E-state index is 11.4. The summed E-state index contributed by atoms with van der Waals surface area (Å²) < 4.78 is 1.14. The topological polar surface area (TPSA) is 41.1 Å². The van der Waals surface area contributed by atoms with E-state index in [1.54, 1.807) is 11.3 Å². The molecule has 5 heteroatoms. The van der Waals surface area contributed by atoms with Crippen LogP contribution in [0.1, 0.15) is 36.1 Å². The van der Waals surface area contributed by atoms with Gasteiger partial charge in [0.1, 0.15) is 0 Å². The van der Waals surface area contributed by atoms with E-state index >= 15 is 0 Å². The van der Waals surface area contributed by atoms with Gasteiger partial charge in [-0.15, -0.1) is 11.3 Å². The molecule has 1 aromatic heterocycles. The summed E-state index contributed by atoms with van der Waals surface area (Å²) in [5, 5.41) is 8.66. The minimum Gasteiger partial charge on any atom is -0.326 e. The number of rotatable bonds is 4. The maximum Gasteiger partial charge on any atom is 0.224 e. The Kier molecular flexibility index (Phi) is 4.42. The number of benzene rings is 1. The molecule has 2 heterocycles. The highest BCUT2D eigenvalue weighted by Crippen LogP contribution is 2.32. The Labute approximate surface area is 136 Å². The Balaban J connectivity index is 1.94. The molecule has 1 aliphatic heterocycles. The van der Waals surface area contributed by atoms with Crippen LogP contribution in [0.4, 0.5) is 5.69 Å². The molecular weight excluding hydrogens is 348 g/mol. The van der Waals surface area contributed by atoms with Crippen molar-refractivity contribution in [3.8, 4) is 0 Å². The quantitative estimate of drug-likeness (QED) is 0.857. The number of fused-ring (bicyclic) bond motifs is 1. The van der Waals surface area contributed by atoms with E-state index in [-0.39, 0.29) is 11.9 Å². The number of halogens is 1. The highest BCUT2D eigenvalue weighted by Gasteiger charge is 2.19. The fraction of sp³-hybridized carbons (Fsp3) is 0.312. The zero-order valence-corrected chi connectivity index (χ0v) is 14.2. The van der Waals surface area contributed by atoms with E-state index < -0.39 is 0 Å². The zero-order valence-electron chi connectivity index (χ0n) is 11.8. The van der Waals surface area contributed by atoms with Crippen LogP contribution in [-0.2, 0) is 11.2 Å². The lowest BCUT2D eigenvalue weighted by molar-refractivity contribution is -0.116. The maximum atomic E-state index is 11.4. The predicted octanol–water partition coefficient (Wildman–Crippen LogP) is 4.09. The van der Waals surface area contributed by atoms with Crippen molar-refractivity contribution in [2.75, 3.05) is 11.9 Å². The summed E-state index contributed by atoms with van der Waals surface area (Å²) in [6.07, 6.45) is 1.40. The minimum absolute atomic E-state index is 0.111. The van der Waals surface area contributed by atoms with Gasteiger partial charge in [0.05, 0.1) is 9.83 Å². The van der Waals surface area contributed by atoms with E-state index in [1.165, 1.54) is 16.7 Å². The van der Waals surface area contributed by atoms with Crippen LogP contribution in [0.25, 0.3) is 0 Å². The van der Waals surface area contributed by atoms with Crippen LogP contribution in [0.2, 0.25) is 0 Å². The predicted molar refractivity (Wildman–Crippen MR) is 90.9 cm³/mol. The van der Waals surface area contributed by atoms with Crippen molar-refractivity contribution in [3.63, 3.8) is 0 Å². The molecule has 1 unspecified atom stereocenters. The fourth-order valence-electron chi connectivity index (χ4n) is 2.69. The molecule has 1 aliphatic rings. The number of aryl methyl sites for hydroxylation is 1. The van der Waals surface area contributed by atoms with Gasteiger partial charge in [-0.25, -0.2) is 0 Å². The number of amides is 1. The van der Waals surface area contributed by atoms with Crippen molar-refractivity contribution in [1.29, 1.82) is 0 Å². The first-order valence-corrected chi connectivity index (χ1v) is 8.74. The summed E-state index contributed by atoms with van der Waals surface area (Å²) in [4.78, 5) is 11.4. The largest absolute Gasteiger partial charge is 0.326 e. The number of anilines is 1. The van der Waals surface area contributed by atoms with Gasteiger partial charge in [0.15, 0.2) is 0 Å². The molecule has 0 radical (unpaired) electrons. The van der Waals surface area contributed by atoms with E-state index in [0.29, 0.717) is 6.42 Å². The normalized spacial score (nSPS) is 15.4. The molecule has 0 spiro atoms. The number of carbonyl (C=O) groups is 1. The fourth-order valence-corrected chi connectivity index (χ4v) is 3.89. The molecule has 0 saturated carbocycles. The molecule has 1 aromatic carbocycles. The van der Waals surface area contributed by atoms with E-state index in [1.807, 2.05) is 6.07 Å². The molecule has 1 amide bonds. The zero-order chi connectivity index (χ0) is 14.8. The van der Waals surface area contributed by atoms with Crippen molar-refractivity contribution in [2.45, 2.75) is 25.8 Å². The van der Waals surface area contributed by atoms with E-state index in [0.717, 1.165) is 22.4 Å². The lowest BCUT2D eigenvalue weighted by Gasteiger charge is -2.22. The van der Waals surface area contributed by atoms with Crippen LogP contribution >= 0.6 is 27.3 Å². The molecular formula is C16H17BrN2OS. The van der Waals surface area contributed by atoms with Gasteiger partial charge < -0.3 is 10.6 Å². The number of carbonyl (C=O) groups excluding carboxylic acids is 1. The Bertz CT molecular complexity index is 668. The Hall–Kier alpha value is -1.17. The van der Waals surface area contributed by atoms with Gasteiger partial charge in [0.25, 0.3) is 0 Å². The minimum atomic E-state index is 0.111. The number of hydrogen-bond donors (Lipinski definition) is 2. The van der Waals surface area contributed by atoms with Crippen molar-refractivity contribution in [2.24, 2.45) is 0 Å². The molecule has 110 valence electrons. The molecule has 2 aromatic rings. The molecule has 3 nitrogen and oxygen atoms in total. The standard InChI is InChI=1S/C16H17BrN2OS/c1-2-18-16(12-8-14(17)21-9-12)11-3-5-13-10(7-11)4-6-15(20)19-13/h3,5,7-9,16,18H,2,4,6H2,1H3,(H,19,20). The second-order valence-electron chi connectivity index (χ2n) is 5.14. The van der Waals surface area contributed by atoms with Crippen LogP contribution in [0.3, 0.4) is 0 Å². The third-order valence-electron chi connectivity index (χ3n) is 3.69. The van der Waals surface area contributed by atoms with Crippen molar-refractivity contribution >= 4 is 38.9 Å². The van der Waals surface area contributed by atoms with Gasteiger partial charge in [0, 0.05) is 12.1 Å². The number of nitrogens with one attached hydrogen (secondary N) is 2. The third kappa shape index (κ3) is 3.20. The second-order valence-corrected chi connectivity index (χ2v) is 7.43. The smallest absolute Gasteiger partial charge is 0.224 e. The first-order valence-electron chi connectivity index (χ1n) is 7.07. The summed E-state index contributed by atoms with van der Waals surface area (Å²) in [5.41, 5.74) is 4.70. The van der Waals surface area contributed by atoms with Gasteiger partial charge in [-0.05, 0) is 63.1 Å². The number of hydrogen-bond acceptors (Lipinski definition) is 3. The van der Waals surface area contributed by atoms with Crippen LogP contribution in [0, 0.1) is 0 Å². The monoisotopic (exact) mass is 364 g/mol. The summed E-state index contributed by atoms with van der Waals surface area (Å²) in [6.45, 7) is 3.03. The Morgan fingerprint density at radius 2 is 2.19 bits per heavy atom. The lowest BCUT2D eigenvalue weighted by Crippen LogP contribution is -2.23. The first-order chi connectivity index (χ1) is 10.2. The third-order valence-corrected chi connectivity index (χ3v) is 5.21. The lowest BCUT2D eigenvalue weighted by atomic mass is 9.95. The SMILES string of the molecule is CCNC(c1csc(Br)c1)c1ccc2c(c1)CCC(=O)N2. The molecule has 0 bridgehead atoms. The average molecular weight is 365 g/mol. The molecule has 0 saturated heterocycles. The van der Waals surface area contributed by atoms with Crippen LogP contribution < -0.4 is 10.6 Å². The Morgan fingerprint density at radius 3 is 2.90 bits per heavy atom. The van der Waals surface area contributed by atoms with Crippen molar-refractivity contribution in [3.05, 3.63) is 50.1 Å². The van der Waals surface area contributed by atoms with Crippen molar-refractivity contribution in [1.82, 2.24) is 5.32 Å². The van der Waals surface area contributed by atoms with Crippen LogP contribution in [0.5, 0.6) is 0 Å². The summed E-state index contributed by atoms with van der Waals surface area (Å²) >= 11 is 5.24. The molecule has 2 N–H and O–H groups in total. The summed E-state index contributed by atoms with van der Waals surface area (Å²) in [7, 11) is 0. The van der Waals surface area contributed by atoms with Gasteiger partial charge in [0.2, 0.25) is 5.91 Å². The molecule has 0 fully saturated rings. The first kappa shape index (κ1) is 14.8. The molecule has 3 rings (SSSR count). The van der Waals surface area contributed by atoms with E-state index in [4.69, 9.17) is 0 Å². The summed E-state index contributed by atoms with van der Waals surface area (Å²) in [6, 6.07) is 8.70. The van der Waals surface area contributed by atoms with Gasteiger partial charge in [-0.3, -0.25) is 4.79 Å². The Morgan fingerprint density at radius 1 is 1.33 bits per heavy atom. The van der Waals surface area contributed by atoms with Gasteiger partial charge in [-0.2, -0.15) is 0 Å². The summed E-state index contributed by atoms with van der Waals surface area (Å²) in [5.74, 6) is 0.111. The van der Waals surface area contributed by atoms with Crippen LogP contribution in [0.15, 0.2) is 33.4 Å². The van der Waals surface area contributed by atoms with Gasteiger partial charge in [-0.1, -0.05) is 19.1 Å². The highest BCUT2D eigenvalue weighted by molar-refractivity contribution is 9.11. The van der Waals surface area contributed by atoms with E-state index in [9.17, 15) is 4.79 Å². The van der Waals surface area contributed by atoms with E-state index in [2.05, 4.69) is 57.1 Å². The number of thiophene rings is 1. The molecule has 0 aliphatic carbocycles. The molecule has 21 heavy (non-hydrogen) atoms. The highest BCUT2D eigenvalue weighted by atomic mass is 79.9. The van der Waals surface area contributed by atoms with Crippen molar-refractivity contribution < 1.29 is 4.79 Å². The second kappa shape index (κ2) is 6.30. The molecule has 1 atom stereocenters. The van der Waals surface area contributed by atoms with Gasteiger partial charge >= 0.3 is 0 Å².